The van der Waals surface area contributed by atoms with Crippen LogP contribution in [0.4, 0.5) is 5.13 Å². The van der Waals surface area contributed by atoms with Gasteiger partial charge in [0.1, 0.15) is 6.61 Å². The highest BCUT2D eigenvalue weighted by Gasteiger charge is 2.10. The zero-order chi connectivity index (χ0) is 24.8. The Morgan fingerprint density at radius 1 is 1.06 bits per heavy atom. The van der Waals surface area contributed by atoms with E-state index in [1.807, 2.05) is 42.6 Å². The van der Waals surface area contributed by atoms with Crippen LogP contribution in [0.25, 0.3) is 17.3 Å². The molecule has 1 heterocycles. The van der Waals surface area contributed by atoms with Gasteiger partial charge < -0.3 is 9.47 Å². The number of nitrogens with one attached hydrogen (secondary N) is 1. The fourth-order valence-corrected chi connectivity index (χ4v) is 4.46. The molecule has 0 bridgehead atoms. The lowest BCUT2D eigenvalue weighted by Crippen LogP contribution is -2.07. The number of ether oxygens (including phenoxy) is 2. The molecule has 0 saturated heterocycles. The number of nitrogens with zero attached hydrogens (tertiary/aromatic N) is 1. The molecule has 4 rings (SSSR count). The zero-order valence-corrected chi connectivity index (χ0v) is 21.4. The Bertz CT molecular complexity index is 1350. The normalized spacial score (nSPS) is 11.0. The van der Waals surface area contributed by atoms with Crippen LogP contribution in [0.5, 0.6) is 11.5 Å². The predicted octanol–water partition coefficient (Wildman–Crippen LogP) is 7.66. The van der Waals surface area contributed by atoms with E-state index in [-0.39, 0.29) is 12.5 Å². The molecule has 0 atom stereocenters. The molecule has 0 unspecified atom stereocenters. The summed E-state index contributed by atoms with van der Waals surface area (Å²) in [5, 5.41) is 6.33. The van der Waals surface area contributed by atoms with Crippen LogP contribution in [-0.4, -0.2) is 18.0 Å². The van der Waals surface area contributed by atoms with E-state index in [9.17, 15) is 4.79 Å². The van der Waals surface area contributed by atoms with Crippen molar-refractivity contribution in [2.75, 3.05) is 12.4 Å². The summed E-state index contributed by atoms with van der Waals surface area (Å²) >= 11 is 13.8. The zero-order valence-electron chi connectivity index (χ0n) is 19.0. The van der Waals surface area contributed by atoms with Gasteiger partial charge in [0.05, 0.1) is 12.8 Å². The molecular formula is C27H22Cl2N2O3S. The monoisotopic (exact) mass is 524 g/mol. The average Bonchev–Trinajstić information content (AvgIpc) is 3.31. The molecule has 0 saturated carbocycles. The molecule has 1 N–H and O–H groups in total. The van der Waals surface area contributed by atoms with Gasteiger partial charge in [0.25, 0.3) is 0 Å². The number of halogens is 2. The number of carbonyl (C=O) groups is 1. The average molecular weight is 525 g/mol. The standard InChI is InChI=1S/C27H22Cl2N2O3S/c1-17-6-10-19(11-7-17)23-16-35-27(30-23)31-26(32)13-9-18-8-12-24(25(14-18)33-2)34-15-20-21(28)4-3-5-22(20)29/h3-14,16H,15H2,1-2H3,(H,30,31,32). The van der Waals surface area contributed by atoms with Crippen molar-refractivity contribution in [1.29, 1.82) is 0 Å². The minimum Gasteiger partial charge on any atom is -0.493 e. The van der Waals surface area contributed by atoms with Crippen molar-refractivity contribution in [2.45, 2.75) is 13.5 Å². The van der Waals surface area contributed by atoms with E-state index < -0.39 is 0 Å². The van der Waals surface area contributed by atoms with Gasteiger partial charge in [0, 0.05) is 32.6 Å². The summed E-state index contributed by atoms with van der Waals surface area (Å²) < 4.78 is 11.3. The minimum atomic E-state index is -0.275. The van der Waals surface area contributed by atoms with Crippen LogP contribution in [-0.2, 0) is 11.4 Å². The molecule has 5 nitrogen and oxygen atoms in total. The Morgan fingerprint density at radius 3 is 2.51 bits per heavy atom. The summed E-state index contributed by atoms with van der Waals surface area (Å²) in [4.78, 5) is 16.9. The fourth-order valence-electron chi connectivity index (χ4n) is 3.23. The van der Waals surface area contributed by atoms with Crippen molar-refractivity contribution in [3.8, 4) is 22.8 Å². The van der Waals surface area contributed by atoms with Crippen LogP contribution in [0.3, 0.4) is 0 Å². The summed E-state index contributed by atoms with van der Waals surface area (Å²) in [5.41, 5.74) is 4.50. The van der Waals surface area contributed by atoms with E-state index >= 15 is 0 Å². The van der Waals surface area contributed by atoms with Gasteiger partial charge in [0.2, 0.25) is 5.91 Å². The van der Waals surface area contributed by atoms with Crippen molar-refractivity contribution in [2.24, 2.45) is 0 Å². The van der Waals surface area contributed by atoms with Crippen molar-refractivity contribution >= 4 is 51.7 Å². The molecule has 0 aliphatic heterocycles. The number of hydrogen-bond acceptors (Lipinski definition) is 5. The molecule has 178 valence electrons. The Kier molecular flexibility index (Phi) is 8.08. The van der Waals surface area contributed by atoms with Crippen LogP contribution < -0.4 is 14.8 Å². The second-order valence-corrected chi connectivity index (χ2v) is 9.30. The third kappa shape index (κ3) is 6.42. The Morgan fingerprint density at radius 2 is 1.80 bits per heavy atom. The maximum absolute atomic E-state index is 12.4. The van der Waals surface area contributed by atoms with E-state index in [0.717, 1.165) is 16.8 Å². The van der Waals surface area contributed by atoms with Crippen LogP contribution in [0.1, 0.15) is 16.7 Å². The second-order valence-electron chi connectivity index (χ2n) is 7.63. The number of aryl methyl sites for hydroxylation is 1. The van der Waals surface area contributed by atoms with Gasteiger partial charge in [-0.2, -0.15) is 0 Å². The number of rotatable bonds is 8. The molecule has 0 spiro atoms. The maximum atomic E-state index is 12.4. The van der Waals surface area contributed by atoms with E-state index in [1.165, 1.54) is 23.0 Å². The lowest BCUT2D eigenvalue weighted by molar-refractivity contribution is -0.111. The van der Waals surface area contributed by atoms with Gasteiger partial charge in [-0.1, -0.05) is 65.2 Å². The van der Waals surface area contributed by atoms with Crippen molar-refractivity contribution < 1.29 is 14.3 Å². The highest BCUT2D eigenvalue weighted by molar-refractivity contribution is 7.14. The predicted molar refractivity (Wildman–Crippen MR) is 144 cm³/mol. The van der Waals surface area contributed by atoms with Crippen molar-refractivity contribution in [3.63, 3.8) is 0 Å². The molecule has 0 aliphatic carbocycles. The molecule has 4 aromatic rings. The molecule has 0 fully saturated rings. The van der Waals surface area contributed by atoms with Crippen molar-refractivity contribution in [1.82, 2.24) is 4.98 Å². The second kappa shape index (κ2) is 11.4. The van der Waals surface area contributed by atoms with Gasteiger partial charge in [0.15, 0.2) is 16.6 Å². The number of amides is 1. The van der Waals surface area contributed by atoms with Crippen LogP contribution in [0.2, 0.25) is 10.0 Å². The largest absolute Gasteiger partial charge is 0.493 e. The summed E-state index contributed by atoms with van der Waals surface area (Å²) in [6.45, 7) is 2.24. The fraction of sp³-hybridized carbons (Fsp3) is 0.111. The molecule has 8 heteroatoms. The molecule has 0 radical (unpaired) electrons. The SMILES string of the molecule is COc1cc(C=CC(=O)Nc2nc(-c3ccc(C)cc3)cs2)ccc1OCc1c(Cl)cccc1Cl. The minimum absolute atomic E-state index is 0.199. The van der Waals surface area contributed by atoms with E-state index in [1.54, 1.807) is 43.5 Å². The number of methoxy groups -OCH3 is 1. The first-order valence-electron chi connectivity index (χ1n) is 10.7. The number of benzene rings is 3. The maximum Gasteiger partial charge on any atom is 0.250 e. The molecular weight excluding hydrogens is 503 g/mol. The molecule has 1 amide bonds. The Hall–Kier alpha value is -3.32. The van der Waals surface area contributed by atoms with Crippen LogP contribution in [0, 0.1) is 6.92 Å². The number of thiazole rings is 1. The summed E-state index contributed by atoms with van der Waals surface area (Å²) in [6, 6.07) is 18.8. The number of anilines is 1. The Balaban J connectivity index is 1.39. The summed E-state index contributed by atoms with van der Waals surface area (Å²) in [7, 11) is 1.55. The first-order chi connectivity index (χ1) is 16.9. The van der Waals surface area contributed by atoms with Gasteiger partial charge in [-0.15, -0.1) is 11.3 Å². The number of hydrogen-bond donors (Lipinski definition) is 1. The first-order valence-corrected chi connectivity index (χ1v) is 12.3. The highest BCUT2D eigenvalue weighted by Crippen LogP contribution is 2.32. The number of aromatic nitrogens is 1. The molecule has 0 aliphatic rings. The molecule has 1 aromatic heterocycles. The van der Waals surface area contributed by atoms with E-state index in [4.69, 9.17) is 32.7 Å². The molecule has 35 heavy (non-hydrogen) atoms. The van der Waals surface area contributed by atoms with E-state index in [0.29, 0.717) is 32.2 Å². The van der Waals surface area contributed by atoms with Gasteiger partial charge in [-0.05, 0) is 42.8 Å². The van der Waals surface area contributed by atoms with E-state index in [2.05, 4.69) is 10.3 Å². The molecule has 3 aromatic carbocycles. The van der Waals surface area contributed by atoms with Gasteiger partial charge in [-0.3, -0.25) is 10.1 Å². The van der Waals surface area contributed by atoms with Gasteiger partial charge >= 0.3 is 0 Å². The van der Waals surface area contributed by atoms with Gasteiger partial charge in [-0.25, -0.2) is 4.98 Å². The topological polar surface area (TPSA) is 60.5 Å². The lowest BCUT2D eigenvalue weighted by atomic mass is 10.1. The third-order valence-corrected chi connectivity index (χ3v) is 6.60. The van der Waals surface area contributed by atoms with Crippen LogP contribution in [0.15, 0.2) is 72.1 Å². The quantitative estimate of drug-likeness (QED) is 0.240. The van der Waals surface area contributed by atoms with Crippen molar-refractivity contribution in [3.05, 3.63) is 98.9 Å². The van der Waals surface area contributed by atoms with Crippen LogP contribution >= 0.6 is 34.5 Å². The lowest BCUT2D eigenvalue weighted by Gasteiger charge is -2.13. The highest BCUT2D eigenvalue weighted by atomic mass is 35.5. The smallest absolute Gasteiger partial charge is 0.250 e. The first kappa shape index (κ1) is 24.8. The summed E-state index contributed by atoms with van der Waals surface area (Å²) in [5.74, 6) is 0.789. The third-order valence-electron chi connectivity index (χ3n) is 5.13. The summed E-state index contributed by atoms with van der Waals surface area (Å²) in [6.07, 6.45) is 3.15. The Labute approximate surface area is 218 Å². The number of carbonyl (C=O) groups excluding carboxylic acids is 1.